The predicted octanol–water partition coefficient (Wildman–Crippen LogP) is 2.45. The largest absolute Gasteiger partial charge is 0.490 e. The second-order valence-corrected chi connectivity index (χ2v) is 6.12. The second-order valence-electron chi connectivity index (χ2n) is 6.12. The molecular formula is C19H32N4O. The third kappa shape index (κ3) is 5.71. The average Bonchev–Trinajstić information content (AvgIpc) is 2.64. The Bertz CT molecular complexity index is 479. The van der Waals surface area contributed by atoms with E-state index < -0.39 is 0 Å². The van der Waals surface area contributed by atoms with Gasteiger partial charge in [-0.25, -0.2) is 0 Å². The van der Waals surface area contributed by atoms with Crippen LogP contribution in [0.25, 0.3) is 0 Å². The first-order valence-corrected chi connectivity index (χ1v) is 9.16. The van der Waals surface area contributed by atoms with Gasteiger partial charge in [-0.1, -0.05) is 32.0 Å². The molecule has 1 heterocycles. The van der Waals surface area contributed by atoms with Crippen LogP contribution in [0, 0.1) is 0 Å². The molecule has 1 aliphatic heterocycles. The lowest BCUT2D eigenvalue weighted by Gasteiger charge is -2.34. The minimum Gasteiger partial charge on any atom is -0.490 e. The molecule has 0 bridgehead atoms. The molecule has 1 aromatic carbocycles. The lowest BCUT2D eigenvalue weighted by atomic mass is 10.1. The third-order valence-electron chi connectivity index (χ3n) is 4.60. The number of rotatable bonds is 7. The molecule has 1 aliphatic rings. The van der Waals surface area contributed by atoms with Gasteiger partial charge >= 0.3 is 0 Å². The zero-order chi connectivity index (χ0) is 17.2. The number of likely N-dealkylation sites (N-methyl/N-ethyl adjacent to an activating group) is 1. The van der Waals surface area contributed by atoms with Crippen molar-refractivity contribution in [2.24, 2.45) is 4.99 Å². The molecule has 0 spiro atoms. The highest BCUT2D eigenvalue weighted by molar-refractivity contribution is 5.79. The SMILES string of the molecule is CCN(CC)CCNC(=NC)N1CCC(Oc2ccccc2)CC1. The van der Waals surface area contributed by atoms with Crippen LogP contribution in [0.4, 0.5) is 0 Å². The lowest BCUT2D eigenvalue weighted by molar-refractivity contribution is 0.129. The van der Waals surface area contributed by atoms with Crippen LogP contribution in [0.5, 0.6) is 5.75 Å². The maximum Gasteiger partial charge on any atom is 0.193 e. The number of piperidine rings is 1. The minimum absolute atomic E-state index is 0.303. The number of hydrogen-bond donors (Lipinski definition) is 1. The fourth-order valence-electron chi connectivity index (χ4n) is 3.07. The monoisotopic (exact) mass is 332 g/mol. The van der Waals surface area contributed by atoms with Gasteiger partial charge in [-0.3, -0.25) is 4.99 Å². The van der Waals surface area contributed by atoms with Gasteiger partial charge in [0, 0.05) is 46.1 Å². The number of hydrogen-bond acceptors (Lipinski definition) is 3. The van der Waals surface area contributed by atoms with Gasteiger partial charge in [-0.05, 0) is 25.2 Å². The molecule has 5 heteroatoms. The summed E-state index contributed by atoms with van der Waals surface area (Å²) in [6.07, 6.45) is 2.37. The normalized spacial score (nSPS) is 16.5. The molecule has 0 amide bonds. The molecule has 1 N–H and O–H groups in total. The summed E-state index contributed by atoms with van der Waals surface area (Å²) in [5, 5.41) is 3.50. The van der Waals surface area contributed by atoms with Crippen LogP contribution in [-0.2, 0) is 0 Å². The second kappa shape index (κ2) is 10.2. The van der Waals surface area contributed by atoms with Gasteiger partial charge in [-0.2, -0.15) is 0 Å². The molecule has 0 atom stereocenters. The summed E-state index contributed by atoms with van der Waals surface area (Å²) in [5.41, 5.74) is 0. The topological polar surface area (TPSA) is 40.1 Å². The summed E-state index contributed by atoms with van der Waals surface area (Å²) in [5.74, 6) is 1.98. The molecule has 5 nitrogen and oxygen atoms in total. The molecule has 0 unspecified atom stereocenters. The van der Waals surface area contributed by atoms with Gasteiger partial charge in [0.1, 0.15) is 11.9 Å². The quantitative estimate of drug-likeness (QED) is 0.615. The Morgan fingerprint density at radius 3 is 2.46 bits per heavy atom. The molecule has 0 radical (unpaired) electrons. The van der Waals surface area contributed by atoms with Crippen molar-refractivity contribution in [2.45, 2.75) is 32.8 Å². The van der Waals surface area contributed by atoms with Gasteiger partial charge in [0.15, 0.2) is 5.96 Å². The molecule has 24 heavy (non-hydrogen) atoms. The Morgan fingerprint density at radius 2 is 1.88 bits per heavy atom. The van der Waals surface area contributed by atoms with Gasteiger partial charge in [0.2, 0.25) is 0 Å². The van der Waals surface area contributed by atoms with E-state index in [1.807, 2.05) is 37.4 Å². The average molecular weight is 332 g/mol. The van der Waals surface area contributed by atoms with Crippen LogP contribution in [0.15, 0.2) is 35.3 Å². The number of nitrogens with zero attached hydrogens (tertiary/aromatic N) is 3. The lowest BCUT2D eigenvalue weighted by Crippen LogP contribution is -2.48. The maximum atomic E-state index is 6.07. The highest BCUT2D eigenvalue weighted by Crippen LogP contribution is 2.18. The van der Waals surface area contributed by atoms with Gasteiger partial charge in [0.05, 0.1) is 0 Å². The van der Waals surface area contributed by atoms with Crippen molar-refractivity contribution in [1.29, 1.82) is 0 Å². The number of para-hydroxylation sites is 1. The molecular weight excluding hydrogens is 300 g/mol. The van der Waals surface area contributed by atoms with Crippen molar-refractivity contribution < 1.29 is 4.74 Å². The zero-order valence-electron chi connectivity index (χ0n) is 15.4. The van der Waals surface area contributed by atoms with Crippen LogP contribution >= 0.6 is 0 Å². The van der Waals surface area contributed by atoms with Crippen molar-refractivity contribution in [3.05, 3.63) is 30.3 Å². The first kappa shape index (κ1) is 18.6. The van der Waals surface area contributed by atoms with E-state index in [1.165, 1.54) is 0 Å². The van der Waals surface area contributed by atoms with Crippen molar-refractivity contribution >= 4 is 5.96 Å². The molecule has 1 saturated heterocycles. The molecule has 1 aromatic rings. The van der Waals surface area contributed by atoms with E-state index in [2.05, 4.69) is 34.0 Å². The van der Waals surface area contributed by atoms with E-state index in [9.17, 15) is 0 Å². The standard InChI is InChI=1S/C19H32N4O/c1-4-22(5-2)16-13-21-19(20-3)23-14-11-18(12-15-23)24-17-9-7-6-8-10-17/h6-10,18H,4-5,11-16H2,1-3H3,(H,20,21). The predicted molar refractivity (Wildman–Crippen MR) is 101 cm³/mol. The molecule has 0 aliphatic carbocycles. The summed E-state index contributed by atoms with van der Waals surface area (Å²) in [6, 6.07) is 10.1. The zero-order valence-corrected chi connectivity index (χ0v) is 15.4. The van der Waals surface area contributed by atoms with Crippen molar-refractivity contribution in [3.8, 4) is 5.75 Å². The van der Waals surface area contributed by atoms with Crippen LogP contribution in [0.1, 0.15) is 26.7 Å². The highest BCUT2D eigenvalue weighted by Gasteiger charge is 2.22. The molecule has 1 fully saturated rings. The number of nitrogens with one attached hydrogen (secondary N) is 1. The summed E-state index contributed by atoms with van der Waals surface area (Å²) >= 11 is 0. The minimum atomic E-state index is 0.303. The summed E-state index contributed by atoms with van der Waals surface area (Å²) < 4.78 is 6.07. The van der Waals surface area contributed by atoms with E-state index in [-0.39, 0.29) is 0 Å². The Labute approximate surface area is 146 Å². The van der Waals surface area contributed by atoms with Crippen LogP contribution < -0.4 is 10.1 Å². The van der Waals surface area contributed by atoms with Crippen molar-refractivity contribution in [2.75, 3.05) is 46.3 Å². The Morgan fingerprint density at radius 1 is 1.21 bits per heavy atom. The molecule has 0 saturated carbocycles. The van der Waals surface area contributed by atoms with Gasteiger partial charge < -0.3 is 19.9 Å². The molecule has 2 rings (SSSR count). The molecule has 0 aromatic heterocycles. The number of aliphatic imine (C=N–C) groups is 1. The van der Waals surface area contributed by atoms with E-state index in [0.29, 0.717) is 6.10 Å². The third-order valence-corrected chi connectivity index (χ3v) is 4.60. The van der Waals surface area contributed by atoms with Crippen molar-refractivity contribution in [1.82, 2.24) is 15.1 Å². The van der Waals surface area contributed by atoms with E-state index in [4.69, 9.17) is 4.74 Å². The molecule has 134 valence electrons. The summed E-state index contributed by atoms with van der Waals surface area (Å²) in [6.45, 7) is 10.6. The smallest absolute Gasteiger partial charge is 0.193 e. The van der Waals surface area contributed by atoms with E-state index >= 15 is 0 Å². The van der Waals surface area contributed by atoms with Crippen molar-refractivity contribution in [3.63, 3.8) is 0 Å². The van der Waals surface area contributed by atoms with E-state index in [1.54, 1.807) is 0 Å². The van der Waals surface area contributed by atoms with Gasteiger partial charge in [0.25, 0.3) is 0 Å². The number of likely N-dealkylation sites (tertiary alicyclic amines) is 1. The van der Waals surface area contributed by atoms with Crippen LogP contribution in [0.2, 0.25) is 0 Å². The summed E-state index contributed by atoms with van der Waals surface area (Å²) in [4.78, 5) is 9.20. The Balaban J connectivity index is 1.73. The number of ether oxygens (including phenoxy) is 1. The first-order valence-electron chi connectivity index (χ1n) is 9.16. The van der Waals surface area contributed by atoms with E-state index in [0.717, 1.165) is 63.8 Å². The highest BCUT2D eigenvalue weighted by atomic mass is 16.5. The van der Waals surface area contributed by atoms with Crippen LogP contribution in [-0.4, -0.2) is 68.2 Å². The number of benzene rings is 1. The number of guanidine groups is 1. The fourth-order valence-corrected chi connectivity index (χ4v) is 3.07. The Kier molecular flexibility index (Phi) is 7.89. The Hall–Kier alpha value is -1.75. The maximum absolute atomic E-state index is 6.07. The van der Waals surface area contributed by atoms with Gasteiger partial charge in [-0.15, -0.1) is 0 Å². The summed E-state index contributed by atoms with van der Waals surface area (Å²) in [7, 11) is 1.87. The first-order chi connectivity index (χ1) is 11.8. The fraction of sp³-hybridized carbons (Fsp3) is 0.632. The van der Waals surface area contributed by atoms with Crippen LogP contribution in [0.3, 0.4) is 0 Å².